The molecule has 0 bridgehead atoms. The molecule has 6 nitrogen and oxygen atoms in total. The average Bonchev–Trinajstić information content (AvgIpc) is 2.79. The molecule has 2 aromatic rings. The second-order valence-corrected chi connectivity index (χ2v) is 5.93. The van der Waals surface area contributed by atoms with Crippen LogP contribution in [0.1, 0.15) is 5.82 Å². The molecule has 1 aromatic carbocycles. The molecule has 0 saturated heterocycles. The monoisotopic (exact) mass is 266 g/mol. The predicted molar refractivity (Wildman–Crippen MR) is 69.9 cm³/mol. The number of nitrogens with zero attached hydrogens (tertiary/aromatic N) is 1. The van der Waals surface area contributed by atoms with Crippen LogP contribution in [0, 0.1) is 0 Å². The summed E-state index contributed by atoms with van der Waals surface area (Å²) in [6.07, 6.45) is 4.54. The van der Waals surface area contributed by atoms with Crippen LogP contribution in [0.25, 0.3) is 0 Å². The molecule has 2 rings (SSSR count). The van der Waals surface area contributed by atoms with Gasteiger partial charge >= 0.3 is 0 Å². The molecule has 0 amide bonds. The minimum atomic E-state index is -3.23. The summed E-state index contributed by atoms with van der Waals surface area (Å²) in [5.41, 5.74) is 6.87. The van der Waals surface area contributed by atoms with E-state index in [0.717, 1.165) is 12.1 Å². The quantitative estimate of drug-likeness (QED) is 0.717. The number of H-pyrrole nitrogens is 1. The Morgan fingerprint density at radius 2 is 2.22 bits per heavy atom. The first kappa shape index (κ1) is 12.4. The van der Waals surface area contributed by atoms with Gasteiger partial charge in [0.1, 0.15) is 5.82 Å². The highest BCUT2D eigenvalue weighted by Gasteiger charge is 2.09. The molecule has 96 valence electrons. The van der Waals surface area contributed by atoms with Gasteiger partial charge in [-0.15, -0.1) is 0 Å². The van der Waals surface area contributed by atoms with E-state index < -0.39 is 9.84 Å². The molecule has 0 unspecified atom stereocenters. The lowest BCUT2D eigenvalue weighted by Crippen LogP contribution is -2.05. The molecule has 0 aliphatic carbocycles. The van der Waals surface area contributed by atoms with Crippen molar-refractivity contribution in [2.75, 3.05) is 17.3 Å². The van der Waals surface area contributed by atoms with Crippen LogP contribution in [-0.4, -0.2) is 24.6 Å². The van der Waals surface area contributed by atoms with E-state index in [1.54, 1.807) is 18.5 Å². The number of aromatic amines is 1. The van der Waals surface area contributed by atoms with E-state index in [2.05, 4.69) is 15.3 Å². The molecule has 0 fully saturated rings. The molecule has 0 aliphatic rings. The summed E-state index contributed by atoms with van der Waals surface area (Å²) in [6, 6.07) is 4.62. The van der Waals surface area contributed by atoms with Crippen LogP contribution in [0.15, 0.2) is 35.5 Å². The minimum absolute atomic E-state index is 0.212. The molecule has 18 heavy (non-hydrogen) atoms. The summed E-state index contributed by atoms with van der Waals surface area (Å²) in [6.45, 7) is 0.495. The Bertz CT molecular complexity index is 635. The van der Waals surface area contributed by atoms with Crippen LogP contribution in [0.4, 0.5) is 11.4 Å². The van der Waals surface area contributed by atoms with E-state index >= 15 is 0 Å². The van der Waals surface area contributed by atoms with Gasteiger partial charge in [0.25, 0.3) is 0 Å². The van der Waals surface area contributed by atoms with Crippen molar-refractivity contribution in [2.24, 2.45) is 0 Å². The van der Waals surface area contributed by atoms with E-state index in [4.69, 9.17) is 5.73 Å². The van der Waals surface area contributed by atoms with E-state index in [1.165, 1.54) is 12.1 Å². The van der Waals surface area contributed by atoms with Gasteiger partial charge < -0.3 is 16.0 Å². The maximum atomic E-state index is 11.4. The first-order valence-corrected chi connectivity index (χ1v) is 7.17. The molecule has 0 aliphatic heterocycles. The molecule has 7 heteroatoms. The number of imidazole rings is 1. The van der Waals surface area contributed by atoms with E-state index in [-0.39, 0.29) is 4.90 Å². The number of nitrogen functional groups attached to an aromatic ring is 1. The van der Waals surface area contributed by atoms with Crippen LogP contribution in [0.2, 0.25) is 0 Å². The number of sulfone groups is 1. The maximum absolute atomic E-state index is 11.4. The Kier molecular flexibility index (Phi) is 3.24. The van der Waals surface area contributed by atoms with Crippen LogP contribution >= 0.6 is 0 Å². The van der Waals surface area contributed by atoms with Gasteiger partial charge in [-0.1, -0.05) is 0 Å². The summed E-state index contributed by atoms with van der Waals surface area (Å²) < 4.78 is 22.7. The molecule has 0 atom stereocenters. The molecule has 0 saturated carbocycles. The fourth-order valence-electron chi connectivity index (χ4n) is 1.51. The third-order valence-electron chi connectivity index (χ3n) is 2.45. The van der Waals surface area contributed by atoms with E-state index in [9.17, 15) is 8.42 Å². The third-order valence-corrected chi connectivity index (χ3v) is 3.56. The standard InChI is InChI=1S/C11H14N4O2S/c1-18(16,17)8-2-3-10(9(12)6-8)15-7-11-13-4-5-14-11/h2-6,15H,7,12H2,1H3,(H,13,14). The SMILES string of the molecule is CS(=O)(=O)c1ccc(NCc2ncc[nH]2)c(N)c1. The third kappa shape index (κ3) is 2.80. The number of hydrogen-bond donors (Lipinski definition) is 3. The Morgan fingerprint density at radius 3 is 2.78 bits per heavy atom. The van der Waals surface area contributed by atoms with Crippen LogP contribution in [0.5, 0.6) is 0 Å². The fraction of sp³-hybridized carbons (Fsp3) is 0.182. The number of nitrogens with one attached hydrogen (secondary N) is 2. The number of benzene rings is 1. The van der Waals surface area contributed by atoms with Crippen LogP contribution in [-0.2, 0) is 16.4 Å². The van der Waals surface area contributed by atoms with Gasteiger partial charge in [-0.3, -0.25) is 0 Å². The molecule has 0 spiro atoms. The average molecular weight is 266 g/mol. The number of rotatable bonds is 4. The molecular formula is C11H14N4O2S. The second-order valence-electron chi connectivity index (χ2n) is 3.91. The van der Waals surface area contributed by atoms with Crippen molar-refractivity contribution in [3.8, 4) is 0 Å². The highest BCUT2D eigenvalue weighted by molar-refractivity contribution is 7.90. The highest BCUT2D eigenvalue weighted by Crippen LogP contribution is 2.22. The van der Waals surface area contributed by atoms with Crippen molar-refractivity contribution in [3.63, 3.8) is 0 Å². The van der Waals surface area contributed by atoms with Gasteiger partial charge in [-0.25, -0.2) is 13.4 Å². The highest BCUT2D eigenvalue weighted by atomic mass is 32.2. The lowest BCUT2D eigenvalue weighted by atomic mass is 10.2. The zero-order valence-electron chi connectivity index (χ0n) is 9.84. The van der Waals surface area contributed by atoms with Gasteiger partial charge in [0.15, 0.2) is 9.84 Å². The first-order chi connectivity index (χ1) is 8.47. The smallest absolute Gasteiger partial charge is 0.175 e. The van der Waals surface area contributed by atoms with Crippen molar-refractivity contribution in [1.82, 2.24) is 9.97 Å². The lowest BCUT2D eigenvalue weighted by Gasteiger charge is -2.09. The van der Waals surface area contributed by atoms with Gasteiger partial charge in [-0.05, 0) is 18.2 Å². The van der Waals surface area contributed by atoms with E-state index in [0.29, 0.717) is 17.9 Å². The number of hydrogen-bond acceptors (Lipinski definition) is 5. The predicted octanol–water partition coefficient (Wildman–Crippen LogP) is 1.01. The van der Waals surface area contributed by atoms with Gasteiger partial charge in [0.05, 0.1) is 22.8 Å². The normalized spacial score (nSPS) is 11.4. The molecular weight excluding hydrogens is 252 g/mol. The summed E-state index contributed by atoms with van der Waals surface area (Å²) in [7, 11) is -3.23. The van der Waals surface area contributed by atoms with Gasteiger partial charge in [-0.2, -0.15) is 0 Å². The van der Waals surface area contributed by atoms with Crippen LogP contribution in [0.3, 0.4) is 0 Å². The summed E-state index contributed by atoms with van der Waals surface area (Å²) >= 11 is 0. The Labute approximate surface area is 105 Å². The van der Waals surface area contributed by atoms with Crippen molar-refractivity contribution in [3.05, 3.63) is 36.4 Å². The van der Waals surface area contributed by atoms with Crippen molar-refractivity contribution in [1.29, 1.82) is 0 Å². The minimum Gasteiger partial charge on any atom is -0.397 e. The zero-order chi connectivity index (χ0) is 13.2. The molecule has 4 N–H and O–H groups in total. The number of nitrogens with two attached hydrogens (primary N) is 1. The summed E-state index contributed by atoms with van der Waals surface area (Å²) in [5, 5.41) is 3.08. The van der Waals surface area contributed by atoms with Crippen molar-refractivity contribution >= 4 is 21.2 Å². The topological polar surface area (TPSA) is 101 Å². The van der Waals surface area contributed by atoms with Crippen LogP contribution < -0.4 is 11.1 Å². The summed E-state index contributed by atoms with van der Waals surface area (Å²) in [4.78, 5) is 7.23. The summed E-state index contributed by atoms with van der Waals surface area (Å²) in [5.74, 6) is 0.779. The van der Waals surface area contributed by atoms with Crippen molar-refractivity contribution < 1.29 is 8.42 Å². The first-order valence-electron chi connectivity index (χ1n) is 5.28. The molecule has 1 aromatic heterocycles. The Balaban J connectivity index is 2.15. The van der Waals surface area contributed by atoms with Gasteiger partial charge in [0.2, 0.25) is 0 Å². The van der Waals surface area contributed by atoms with Gasteiger partial charge in [0, 0.05) is 18.6 Å². The van der Waals surface area contributed by atoms with Crippen molar-refractivity contribution in [2.45, 2.75) is 11.4 Å². The Morgan fingerprint density at radius 1 is 1.44 bits per heavy atom. The molecule has 0 radical (unpaired) electrons. The maximum Gasteiger partial charge on any atom is 0.175 e. The van der Waals surface area contributed by atoms with E-state index in [1.807, 2.05) is 0 Å². The number of anilines is 2. The second kappa shape index (κ2) is 4.69. The zero-order valence-corrected chi connectivity index (χ0v) is 10.7. The Hall–Kier alpha value is -2.02. The number of aromatic nitrogens is 2. The lowest BCUT2D eigenvalue weighted by molar-refractivity contribution is 0.602. The molecule has 1 heterocycles. The fourth-order valence-corrected chi connectivity index (χ4v) is 2.16. The largest absolute Gasteiger partial charge is 0.397 e.